The van der Waals surface area contributed by atoms with Gasteiger partial charge in [0, 0.05) is 0 Å². The number of carbonyl (C=O) groups is 1. The van der Waals surface area contributed by atoms with Gasteiger partial charge in [0.25, 0.3) is 0 Å². The van der Waals surface area contributed by atoms with Crippen LogP contribution in [0.2, 0.25) is 0 Å². The molecule has 0 aliphatic carbocycles. The Kier molecular flexibility index (Phi) is 6.42. The summed E-state index contributed by atoms with van der Waals surface area (Å²) in [5.41, 5.74) is 13.1. The van der Waals surface area contributed by atoms with E-state index in [0.717, 1.165) is 0 Å². The van der Waals surface area contributed by atoms with Gasteiger partial charge < -0.3 is 10.8 Å². The molecule has 0 aliphatic heterocycles. The van der Waals surface area contributed by atoms with E-state index in [1.54, 1.807) is 0 Å². The summed E-state index contributed by atoms with van der Waals surface area (Å²) in [4.78, 5) is 17.6. The van der Waals surface area contributed by atoms with E-state index in [2.05, 4.69) is 15.3 Å². The Balaban J connectivity index is 3.55. The Morgan fingerprint density at radius 2 is 2.36 bits per heavy atom. The normalized spacial score (nSPS) is 13.7. The molecule has 7 nitrogen and oxygen atoms in total. The maximum Gasteiger partial charge on any atom is 0.369 e. The van der Waals surface area contributed by atoms with Crippen LogP contribution in [0, 0.1) is 0 Å². The lowest BCUT2D eigenvalue weighted by molar-refractivity contribution is -0.463. The Bertz CT molecular complexity index is 207. The first-order valence-electron chi connectivity index (χ1n) is 4.21. The van der Waals surface area contributed by atoms with E-state index >= 15 is 0 Å². The second-order valence-electron chi connectivity index (χ2n) is 2.73. The predicted molar refractivity (Wildman–Crippen MR) is 50.0 cm³/mol. The molecule has 0 amide bonds. The molecule has 0 rings (SSSR count). The smallest absolute Gasteiger partial charge is 0.369 e. The molecule has 0 spiro atoms. The van der Waals surface area contributed by atoms with E-state index in [1.807, 2.05) is 0 Å². The van der Waals surface area contributed by atoms with Crippen molar-refractivity contribution in [3.05, 3.63) is 0 Å². The van der Waals surface area contributed by atoms with Crippen molar-refractivity contribution >= 4 is 11.9 Å². The summed E-state index contributed by atoms with van der Waals surface area (Å²) in [5, 5.41) is 8.47. The van der Waals surface area contributed by atoms with Crippen molar-refractivity contribution in [3.8, 4) is 0 Å². The van der Waals surface area contributed by atoms with Crippen molar-refractivity contribution in [2.45, 2.75) is 18.9 Å². The van der Waals surface area contributed by atoms with E-state index in [1.165, 1.54) is 7.11 Å². The fourth-order valence-electron chi connectivity index (χ4n) is 0.815. The second kappa shape index (κ2) is 7.10. The molecule has 0 fully saturated rings. The molecule has 14 heavy (non-hydrogen) atoms. The summed E-state index contributed by atoms with van der Waals surface area (Å²) in [6.45, 7) is 0.545. The molecule has 7 heteroatoms. The fraction of sp³-hybridized carbons (Fsp3) is 0.714. The minimum absolute atomic E-state index is 0.288. The first-order chi connectivity index (χ1) is 6.57. The topological polar surface area (TPSA) is 125 Å². The molecule has 82 valence electrons. The molecule has 0 aromatic heterocycles. The average Bonchev–Trinajstić information content (AvgIpc) is 2.12. The number of hydrogen-bond acceptors (Lipinski definition) is 3. The average molecular weight is 205 g/mol. The third-order valence-corrected chi connectivity index (χ3v) is 1.54. The SMILES string of the molecule is CONC(N)=[NH+]CCCC(N)C(=O)O. The molecule has 0 aromatic rings. The lowest BCUT2D eigenvalue weighted by Crippen LogP contribution is -2.78. The summed E-state index contributed by atoms with van der Waals surface area (Å²) in [5.74, 6) is -0.701. The predicted octanol–water partition coefficient (Wildman–Crippen LogP) is -3.28. The van der Waals surface area contributed by atoms with Crippen LogP contribution in [-0.4, -0.2) is 36.7 Å². The minimum atomic E-state index is -0.989. The molecule has 0 saturated carbocycles. The third-order valence-electron chi connectivity index (χ3n) is 1.54. The number of nitrogens with two attached hydrogens (primary N) is 2. The van der Waals surface area contributed by atoms with Crippen LogP contribution in [0.5, 0.6) is 0 Å². The van der Waals surface area contributed by atoms with Gasteiger partial charge in [-0.05, 0) is 12.8 Å². The lowest BCUT2D eigenvalue weighted by Gasteiger charge is -2.03. The van der Waals surface area contributed by atoms with Gasteiger partial charge in [-0.1, -0.05) is 0 Å². The molecule has 0 saturated heterocycles. The van der Waals surface area contributed by atoms with E-state index < -0.39 is 12.0 Å². The van der Waals surface area contributed by atoms with E-state index in [0.29, 0.717) is 19.4 Å². The number of carboxylic acid groups (broad SMARTS) is 1. The zero-order valence-corrected chi connectivity index (χ0v) is 8.12. The standard InChI is InChI=1S/C7H16N4O3/c1-14-11-7(9)10-4-2-3-5(8)6(12)13/h5H,2-4,8H2,1H3,(H,12,13)(H3,9,10,11)/p+1. The number of carboxylic acids is 1. The summed E-state index contributed by atoms with van der Waals surface area (Å²) in [7, 11) is 1.44. The first kappa shape index (κ1) is 12.7. The van der Waals surface area contributed by atoms with Crippen LogP contribution < -0.4 is 21.9 Å². The largest absolute Gasteiger partial charge is 0.480 e. The zero-order valence-electron chi connectivity index (χ0n) is 8.12. The summed E-state index contributed by atoms with van der Waals surface area (Å²) in [6.07, 6.45) is 1.03. The quantitative estimate of drug-likeness (QED) is 0.134. The van der Waals surface area contributed by atoms with Crippen molar-refractivity contribution in [1.29, 1.82) is 0 Å². The van der Waals surface area contributed by atoms with Crippen molar-refractivity contribution in [1.82, 2.24) is 5.48 Å². The van der Waals surface area contributed by atoms with Crippen molar-refractivity contribution < 1.29 is 19.7 Å². The number of hydroxylamine groups is 1. The van der Waals surface area contributed by atoms with Crippen LogP contribution >= 0.6 is 0 Å². The van der Waals surface area contributed by atoms with Gasteiger partial charge in [-0.15, -0.1) is 5.48 Å². The van der Waals surface area contributed by atoms with Gasteiger partial charge in [-0.2, -0.15) is 0 Å². The number of rotatable bonds is 6. The van der Waals surface area contributed by atoms with Crippen LogP contribution in [0.25, 0.3) is 0 Å². The number of hydrogen-bond donors (Lipinski definition) is 5. The summed E-state index contributed by atoms with van der Waals surface area (Å²) < 4.78 is 0. The third kappa shape index (κ3) is 6.21. The maximum absolute atomic E-state index is 10.3. The Labute approximate surface area is 82.1 Å². The van der Waals surface area contributed by atoms with Crippen LogP contribution in [-0.2, 0) is 9.63 Å². The number of aliphatic carboxylic acids is 1. The molecule has 0 bridgehead atoms. The Hall–Kier alpha value is -1.34. The molecular formula is C7H17N4O3+. The van der Waals surface area contributed by atoms with Crippen molar-refractivity contribution in [2.75, 3.05) is 13.7 Å². The molecule has 0 heterocycles. The highest BCUT2D eigenvalue weighted by molar-refractivity contribution is 5.73. The van der Waals surface area contributed by atoms with E-state index in [9.17, 15) is 4.79 Å². The molecule has 1 unspecified atom stereocenters. The summed E-state index contributed by atoms with van der Waals surface area (Å²) >= 11 is 0. The van der Waals surface area contributed by atoms with Crippen LogP contribution in [0.3, 0.4) is 0 Å². The van der Waals surface area contributed by atoms with Gasteiger partial charge in [-0.3, -0.25) is 15.5 Å². The Morgan fingerprint density at radius 1 is 1.71 bits per heavy atom. The van der Waals surface area contributed by atoms with Gasteiger partial charge in [0.1, 0.15) is 6.04 Å². The highest BCUT2D eigenvalue weighted by atomic mass is 16.6. The van der Waals surface area contributed by atoms with Crippen molar-refractivity contribution in [2.24, 2.45) is 11.5 Å². The first-order valence-corrected chi connectivity index (χ1v) is 4.21. The monoisotopic (exact) mass is 205 g/mol. The molecule has 0 aromatic carbocycles. The number of guanidine groups is 1. The van der Waals surface area contributed by atoms with Crippen LogP contribution in [0.1, 0.15) is 12.8 Å². The van der Waals surface area contributed by atoms with E-state index in [4.69, 9.17) is 16.6 Å². The van der Waals surface area contributed by atoms with Crippen molar-refractivity contribution in [3.63, 3.8) is 0 Å². The molecular weight excluding hydrogens is 188 g/mol. The van der Waals surface area contributed by atoms with Crippen LogP contribution in [0.4, 0.5) is 0 Å². The molecule has 0 radical (unpaired) electrons. The molecule has 7 N–H and O–H groups in total. The van der Waals surface area contributed by atoms with Gasteiger partial charge >= 0.3 is 11.9 Å². The highest BCUT2D eigenvalue weighted by Gasteiger charge is 2.09. The molecule has 0 aliphatic rings. The zero-order chi connectivity index (χ0) is 11.0. The Morgan fingerprint density at radius 3 is 2.86 bits per heavy atom. The van der Waals surface area contributed by atoms with Gasteiger partial charge in [0.05, 0.1) is 13.7 Å². The fourth-order valence-corrected chi connectivity index (χ4v) is 0.815. The van der Waals surface area contributed by atoms with Crippen LogP contribution in [0.15, 0.2) is 0 Å². The van der Waals surface area contributed by atoms with Gasteiger partial charge in [-0.25, -0.2) is 4.84 Å². The highest BCUT2D eigenvalue weighted by Crippen LogP contribution is 1.90. The lowest BCUT2D eigenvalue weighted by atomic mass is 10.2. The maximum atomic E-state index is 10.3. The summed E-state index contributed by atoms with van der Waals surface area (Å²) in [6, 6.07) is -0.812. The molecule has 1 atom stereocenters. The second-order valence-corrected chi connectivity index (χ2v) is 2.73. The number of nitrogens with one attached hydrogen (secondary N) is 2. The van der Waals surface area contributed by atoms with Gasteiger partial charge in [0.15, 0.2) is 0 Å². The minimum Gasteiger partial charge on any atom is -0.480 e. The van der Waals surface area contributed by atoms with Gasteiger partial charge in [0.2, 0.25) is 0 Å². The van der Waals surface area contributed by atoms with E-state index in [-0.39, 0.29) is 5.96 Å².